The van der Waals surface area contributed by atoms with Crippen molar-refractivity contribution in [2.24, 2.45) is 5.92 Å². The van der Waals surface area contributed by atoms with E-state index < -0.39 is 20.3 Å². The molecule has 0 aromatic rings. The van der Waals surface area contributed by atoms with Crippen LogP contribution in [0.3, 0.4) is 0 Å². The van der Waals surface area contributed by atoms with Crippen LogP contribution >= 0.6 is 0 Å². The fourth-order valence-electron chi connectivity index (χ4n) is 3.14. The predicted molar refractivity (Wildman–Crippen MR) is 82.2 cm³/mol. The van der Waals surface area contributed by atoms with E-state index in [-0.39, 0.29) is 29.4 Å². The molecule has 0 aromatic heterocycles. The van der Waals surface area contributed by atoms with Crippen LogP contribution in [0.4, 0.5) is 4.39 Å². The number of rotatable bonds is 3. The maximum atomic E-state index is 13.9. The number of alkyl halides is 1. The Morgan fingerprint density at radius 3 is 2.33 bits per heavy atom. The Kier molecular flexibility index (Phi) is 4.28. The van der Waals surface area contributed by atoms with Crippen molar-refractivity contribution in [2.75, 3.05) is 6.61 Å². The maximum absolute atomic E-state index is 13.9. The van der Waals surface area contributed by atoms with Crippen molar-refractivity contribution in [1.29, 1.82) is 0 Å². The van der Waals surface area contributed by atoms with E-state index in [4.69, 9.17) is 9.47 Å². The van der Waals surface area contributed by atoms with Gasteiger partial charge >= 0.3 is 0 Å². The summed E-state index contributed by atoms with van der Waals surface area (Å²) in [5, 5.41) is 0.0243. The highest BCUT2D eigenvalue weighted by molar-refractivity contribution is 6.80. The predicted octanol–water partition coefficient (Wildman–Crippen LogP) is 2.94. The van der Waals surface area contributed by atoms with Crippen molar-refractivity contribution >= 4 is 14.1 Å². The van der Waals surface area contributed by atoms with Gasteiger partial charge in [-0.25, -0.2) is 4.39 Å². The number of hydrogen-bond donors (Lipinski definition) is 0. The molecule has 21 heavy (non-hydrogen) atoms. The number of carbonyl (C=O) groups excluding carboxylic acids is 1. The Labute approximate surface area is 128 Å². The van der Waals surface area contributed by atoms with E-state index in [1.165, 1.54) is 6.92 Å². The van der Waals surface area contributed by atoms with Gasteiger partial charge in [0.05, 0.1) is 18.6 Å². The zero-order valence-corrected chi connectivity index (χ0v) is 15.1. The zero-order chi connectivity index (χ0) is 16.2. The van der Waals surface area contributed by atoms with Crippen molar-refractivity contribution in [2.45, 2.75) is 77.4 Å². The first kappa shape index (κ1) is 16.9. The Morgan fingerprint density at radius 2 is 1.95 bits per heavy atom. The van der Waals surface area contributed by atoms with Gasteiger partial charge in [-0.2, -0.15) is 0 Å². The van der Waals surface area contributed by atoms with Gasteiger partial charge in [-0.3, -0.25) is 4.79 Å². The molecule has 122 valence electrons. The molecule has 0 bridgehead atoms. The molecular weight excluding hydrogens is 289 g/mol. The van der Waals surface area contributed by atoms with Crippen LogP contribution in [0.1, 0.15) is 34.6 Å². The van der Waals surface area contributed by atoms with Gasteiger partial charge < -0.3 is 14.0 Å². The lowest BCUT2D eigenvalue weighted by Crippen LogP contribution is -2.77. The third kappa shape index (κ3) is 2.66. The molecule has 2 aliphatic rings. The van der Waals surface area contributed by atoms with Crippen LogP contribution < -0.4 is 0 Å². The van der Waals surface area contributed by atoms with Crippen LogP contribution in [-0.4, -0.2) is 49.9 Å². The van der Waals surface area contributed by atoms with Crippen molar-refractivity contribution in [1.82, 2.24) is 4.57 Å². The molecule has 2 fully saturated rings. The fourth-order valence-corrected chi connectivity index (χ4v) is 5.64. The second-order valence-electron chi connectivity index (χ2n) is 7.79. The minimum atomic E-state index is -2.04. The maximum Gasteiger partial charge on any atom is 0.223 e. The zero-order valence-electron chi connectivity index (χ0n) is 14.1. The number of β-lactam (4-membered cyclic amide) rings is 1. The molecule has 4 nitrogen and oxygen atoms in total. The third-order valence-corrected chi connectivity index (χ3v) is 10.8. The third-order valence-electron chi connectivity index (χ3n) is 5.36. The average molecular weight is 317 g/mol. The van der Waals surface area contributed by atoms with E-state index in [1.807, 2.05) is 11.5 Å². The van der Waals surface area contributed by atoms with Crippen LogP contribution in [0.15, 0.2) is 0 Å². The van der Waals surface area contributed by atoms with Gasteiger partial charge in [0, 0.05) is 0 Å². The second-order valence-corrected chi connectivity index (χ2v) is 12.9. The fraction of sp³-hybridized carbons (Fsp3) is 0.933. The Bertz CT molecular complexity index is 422. The van der Waals surface area contributed by atoms with Crippen molar-refractivity contribution in [3.05, 3.63) is 0 Å². The monoisotopic (exact) mass is 317 g/mol. The topological polar surface area (TPSA) is 38.8 Å². The molecule has 2 aliphatic heterocycles. The van der Waals surface area contributed by atoms with E-state index in [0.717, 1.165) is 0 Å². The van der Waals surface area contributed by atoms with E-state index in [1.54, 1.807) is 0 Å². The highest BCUT2D eigenvalue weighted by atomic mass is 28.3. The number of halogens is 1. The van der Waals surface area contributed by atoms with Gasteiger partial charge in [-0.15, -0.1) is 0 Å². The highest BCUT2D eigenvalue weighted by Gasteiger charge is 2.62. The van der Waals surface area contributed by atoms with Gasteiger partial charge in [0.2, 0.25) is 5.91 Å². The molecule has 1 unspecified atom stereocenters. The summed E-state index contributed by atoms with van der Waals surface area (Å²) in [7, 11) is -2.04. The molecule has 0 N–H and O–H groups in total. The summed E-state index contributed by atoms with van der Waals surface area (Å²) < 4.78 is 27.1. The van der Waals surface area contributed by atoms with Crippen molar-refractivity contribution in [3.8, 4) is 0 Å². The summed E-state index contributed by atoms with van der Waals surface area (Å²) in [6.45, 7) is 14.6. The molecule has 5 atom stereocenters. The first-order valence-corrected chi connectivity index (χ1v) is 10.7. The Balaban J connectivity index is 2.29. The Morgan fingerprint density at radius 1 is 1.38 bits per heavy atom. The van der Waals surface area contributed by atoms with E-state index in [2.05, 4.69) is 33.9 Å². The van der Waals surface area contributed by atoms with Crippen molar-refractivity contribution < 1.29 is 18.7 Å². The van der Waals surface area contributed by atoms with Crippen LogP contribution in [0.2, 0.25) is 18.1 Å². The van der Waals surface area contributed by atoms with Crippen molar-refractivity contribution in [3.63, 3.8) is 0 Å². The van der Waals surface area contributed by atoms with Gasteiger partial charge in [0.1, 0.15) is 12.3 Å². The average Bonchev–Trinajstić information content (AvgIpc) is 2.69. The molecule has 1 amide bonds. The number of ether oxygens (including phenoxy) is 2. The summed E-state index contributed by atoms with van der Waals surface area (Å²) in [5.41, 5.74) is 0. The van der Waals surface area contributed by atoms with Gasteiger partial charge in [-0.05, 0) is 18.9 Å². The van der Waals surface area contributed by atoms with Gasteiger partial charge in [-0.1, -0.05) is 33.9 Å². The second kappa shape index (κ2) is 5.32. The van der Waals surface area contributed by atoms with E-state index >= 15 is 0 Å². The molecule has 0 saturated carbocycles. The first-order valence-electron chi connectivity index (χ1n) is 7.73. The number of carbonyl (C=O) groups is 1. The highest BCUT2D eigenvalue weighted by Crippen LogP contribution is 2.47. The minimum Gasteiger partial charge on any atom is -0.363 e. The normalized spacial score (nSPS) is 35.8. The molecule has 2 heterocycles. The lowest BCUT2D eigenvalue weighted by molar-refractivity contribution is -0.162. The number of amides is 1. The lowest BCUT2D eigenvalue weighted by Gasteiger charge is -2.59. The molecule has 0 aliphatic carbocycles. The molecule has 0 spiro atoms. The van der Waals surface area contributed by atoms with Crippen LogP contribution in [0.5, 0.6) is 0 Å². The van der Waals surface area contributed by atoms with Crippen LogP contribution in [0, 0.1) is 5.92 Å². The van der Waals surface area contributed by atoms with Crippen LogP contribution in [0.25, 0.3) is 0 Å². The molecular formula is C15H28FNO3Si. The molecule has 2 saturated heterocycles. The molecule has 0 radical (unpaired) electrons. The van der Waals surface area contributed by atoms with E-state index in [9.17, 15) is 9.18 Å². The van der Waals surface area contributed by atoms with Gasteiger partial charge in [0.15, 0.2) is 14.5 Å². The molecule has 2 rings (SSSR count). The summed E-state index contributed by atoms with van der Waals surface area (Å²) in [4.78, 5) is 12.6. The van der Waals surface area contributed by atoms with E-state index in [0.29, 0.717) is 6.61 Å². The van der Waals surface area contributed by atoms with Gasteiger partial charge in [0.25, 0.3) is 0 Å². The summed E-state index contributed by atoms with van der Waals surface area (Å²) >= 11 is 0. The summed E-state index contributed by atoms with van der Waals surface area (Å²) in [6.07, 6.45) is -1.64. The molecule has 0 aromatic carbocycles. The SMILES string of the molecule is CC1OC[C@H]([C@@H]2[C@@H]([C@@H](C)F)C(=O)N2[Si](C)(C)C(C)(C)C)O1. The minimum absolute atomic E-state index is 0.0243. The first-order chi connectivity index (χ1) is 9.48. The smallest absolute Gasteiger partial charge is 0.223 e. The molecule has 6 heteroatoms. The van der Waals surface area contributed by atoms with Crippen LogP contribution in [-0.2, 0) is 14.3 Å². The largest absolute Gasteiger partial charge is 0.363 e. The number of nitrogens with zero attached hydrogens (tertiary/aromatic N) is 1. The number of hydrogen-bond acceptors (Lipinski definition) is 3. The Hall–Kier alpha value is -0.463. The lowest BCUT2D eigenvalue weighted by atomic mass is 9.83. The quantitative estimate of drug-likeness (QED) is 0.593. The summed E-state index contributed by atoms with van der Waals surface area (Å²) in [5.74, 6) is -0.636. The standard InChI is InChI=1S/C15H28FNO3Si/c1-9(16)12-13(11-8-19-10(2)20-11)17(14(12)18)21(6,7)15(3,4)5/h9-13H,8H2,1-7H3/t9-,10?,11-,12-,13-/m1/s1. The summed E-state index contributed by atoms with van der Waals surface area (Å²) in [6, 6.07) is -0.191.